The van der Waals surface area contributed by atoms with Gasteiger partial charge in [-0.2, -0.15) is 0 Å². The molecule has 2 aromatic rings. The van der Waals surface area contributed by atoms with E-state index < -0.39 is 11.8 Å². The van der Waals surface area contributed by atoms with Crippen molar-refractivity contribution in [1.82, 2.24) is 10.5 Å². The van der Waals surface area contributed by atoms with Gasteiger partial charge in [0.05, 0.1) is 12.1 Å². The number of aromatic nitrogens is 1. The van der Waals surface area contributed by atoms with Crippen LogP contribution in [0.2, 0.25) is 0 Å². The standard InChI is InChI=1S/C14H14FN3O3S/c1-2-10(8-3-5-9(15)6-4-8)12(19)17-14-16-7-11(22-14)13(20)18-21/h3-7,10,21H,2H2,1H3,(H,18,20)(H,16,17,19). The van der Waals surface area contributed by atoms with Crippen LogP contribution in [0.1, 0.15) is 34.5 Å². The van der Waals surface area contributed by atoms with Crippen LogP contribution in [0, 0.1) is 5.82 Å². The summed E-state index contributed by atoms with van der Waals surface area (Å²) in [6.07, 6.45) is 1.79. The first-order valence-electron chi connectivity index (χ1n) is 6.51. The van der Waals surface area contributed by atoms with Crippen molar-refractivity contribution in [2.24, 2.45) is 0 Å². The van der Waals surface area contributed by atoms with Crippen LogP contribution >= 0.6 is 11.3 Å². The van der Waals surface area contributed by atoms with E-state index in [1.54, 1.807) is 12.1 Å². The highest BCUT2D eigenvalue weighted by Crippen LogP contribution is 2.24. The molecule has 1 heterocycles. The molecule has 0 saturated carbocycles. The fourth-order valence-electron chi connectivity index (χ4n) is 1.95. The van der Waals surface area contributed by atoms with Gasteiger partial charge in [-0.15, -0.1) is 0 Å². The minimum absolute atomic E-state index is 0.174. The van der Waals surface area contributed by atoms with Gasteiger partial charge in [0.2, 0.25) is 5.91 Å². The van der Waals surface area contributed by atoms with Crippen molar-refractivity contribution in [1.29, 1.82) is 0 Å². The van der Waals surface area contributed by atoms with E-state index >= 15 is 0 Å². The average molecular weight is 323 g/mol. The molecule has 22 heavy (non-hydrogen) atoms. The Labute approximate surface area is 130 Å². The highest BCUT2D eigenvalue weighted by molar-refractivity contribution is 7.17. The van der Waals surface area contributed by atoms with E-state index in [9.17, 15) is 14.0 Å². The molecule has 1 atom stereocenters. The summed E-state index contributed by atoms with van der Waals surface area (Å²) in [5.41, 5.74) is 2.20. The first-order chi connectivity index (χ1) is 10.5. The zero-order valence-corrected chi connectivity index (χ0v) is 12.5. The molecule has 0 spiro atoms. The third kappa shape index (κ3) is 3.66. The molecule has 1 aromatic heterocycles. The summed E-state index contributed by atoms with van der Waals surface area (Å²) in [5, 5.41) is 11.4. The zero-order valence-electron chi connectivity index (χ0n) is 11.7. The Balaban J connectivity index is 2.11. The minimum Gasteiger partial charge on any atom is -0.301 e. The van der Waals surface area contributed by atoms with Crippen LogP contribution in [-0.2, 0) is 4.79 Å². The third-order valence-electron chi connectivity index (χ3n) is 3.06. The largest absolute Gasteiger partial charge is 0.301 e. The van der Waals surface area contributed by atoms with Gasteiger partial charge in [0.25, 0.3) is 5.91 Å². The van der Waals surface area contributed by atoms with E-state index in [1.807, 2.05) is 6.92 Å². The number of rotatable bonds is 5. The summed E-state index contributed by atoms with van der Waals surface area (Å²) in [4.78, 5) is 27.6. The zero-order chi connectivity index (χ0) is 16.1. The van der Waals surface area contributed by atoms with Gasteiger partial charge in [-0.1, -0.05) is 30.4 Å². The molecule has 0 fully saturated rings. The van der Waals surface area contributed by atoms with Crippen LogP contribution in [0.3, 0.4) is 0 Å². The summed E-state index contributed by atoms with van der Waals surface area (Å²) in [7, 11) is 0. The molecule has 1 unspecified atom stereocenters. The predicted octanol–water partition coefficient (Wildman–Crippen LogP) is 2.53. The third-order valence-corrected chi connectivity index (χ3v) is 3.97. The van der Waals surface area contributed by atoms with Gasteiger partial charge in [0.1, 0.15) is 10.7 Å². The van der Waals surface area contributed by atoms with E-state index in [4.69, 9.17) is 5.21 Å². The number of hydroxylamine groups is 1. The maximum absolute atomic E-state index is 12.9. The first kappa shape index (κ1) is 16.1. The van der Waals surface area contributed by atoms with Crippen molar-refractivity contribution in [3.05, 3.63) is 46.7 Å². The second-order valence-electron chi connectivity index (χ2n) is 4.47. The van der Waals surface area contributed by atoms with Crippen LogP contribution in [-0.4, -0.2) is 22.0 Å². The Morgan fingerprint density at radius 2 is 2.05 bits per heavy atom. The Kier molecular flexibility index (Phi) is 5.18. The summed E-state index contributed by atoms with van der Waals surface area (Å²) >= 11 is 0.944. The van der Waals surface area contributed by atoms with Crippen molar-refractivity contribution in [3.8, 4) is 0 Å². The number of benzene rings is 1. The number of anilines is 1. The van der Waals surface area contributed by atoms with Crippen LogP contribution in [0.4, 0.5) is 9.52 Å². The number of nitrogens with zero attached hydrogens (tertiary/aromatic N) is 1. The molecule has 0 aliphatic rings. The van der Waals surface area contributed by atoms with Crippen LogP contribution in [0.25, 0.3) is 0 Å². The number of carbonyl (C=O) groups is 2. The number of carbonyl (C=O) groups excluding carboxylic acids is 2. The van der Waals surface area contributed by atoms with Crippen molar-refractivity contribution in [2.75, 3.05) is 5.32 Å². The van der Waals surface area contributed by atoms with E-state index in [0.717, 1.165) is 11.3 Å². The molecular formula is C14H14FN3O3S. The maximum Gasteiger partial charge on any atom is 0.286 e. The van der Waals surface area contributed by atoms with Crippen LogP contribution in [0.15, 0.2) is 30.5 Å². The van der Waals surface area contributed by atoms with E-state index in [2.05, 4.69) is 10.3 Å². The number of hydrogen-bond donors (Lipinski definition) is 3. The first-order valence-corrected chi connectivity index (χ1v) is 7.33. The topological polar surface area (TPSA) is 91.3 Å². The number of nitrogens with one attached hydrogen (secondary N) is 2. The molecule has 0 radical (unpaired) electrons. The van der Waals surface area contributed by atoms with Crippen molar-refractivity contribution < 1.29 is 19.2 Å². The molecule has 0 bridgehead atoms. The summed E-state index contributed by atoms with van der Waals surface area (Å²) in [5.74, 6) is -1.79. The van der Waals surface area contributed by atoms with Gasteiger partial charge in [-0.25, -0.2) is 14.9 Å². The van der Waals surface area contributed by atoms with Gasteiger partial charge in [-0.05, 0) is 24.1 Å². The molecule has 3 N–H and O–H groups in total. The smallest absolute Gasteiger partial charge is 0.286 e. The van der Waals surface area contributed by atoms with Gasteiger partial charge in [0.15, 0.2) is 5.13 Å². The van der Waals surface area contributed by atoms with Crippen molar-refractivity contribution in [2.45, 2.75) is 19.3 Å². The Hall–Kier alpha value is -2.32. The maximum atomic E-state index is 12.9. The number of halogens is 1. The SMILES string of the molecule is CCC(C(=O)Nc1ncc(C(=O)NO)s1)c1ccc(F)cc1. The van der Waals surface area contributed by atoms with E-state index in [1.165, 1.54) is 23.8 Å². The second-order valence-corrected chi connectivity index (χ2v) is 5.50. The number of hydrogen-bond acceptors (Lipinski definition) is 5. The molecule has 6 nitrogen and oxygen atoms in total. The van der Waals surface area contributed by atoms with Crippen molar-refractivity contribution >= 4 is 28.3 Å². The molecule has 1 aromatic carbocycles. The quantitative estimate of drug-likeness (QED) is 0.582. The normalized spacial score (nSPS) is 11.8. The van der Waals surface area contributed by atoms with Crippen molar-refractivity contribution in [3.63, 3.8) is 0 Å². The molecule has 116 valence electrons. The highest BCUT2D eigenvalue weighted by Gasteiger charge is 2.20. The lowest BCUT2D eigenvalue weighted by Crippen LogP contribution is -2.20. The average Bonchev–Trinajstić information content (AvgIpc) is 2.97. The van der Waals surface area contributed by atoms with E-state index in [0.29, 0.717) is 12.0 Å². The molecule has 0 aliphatic heterocycles. The monoisotopic (exact) mass is 323 g/mol. The number of amides is 2. The molecular weight excluding hydrogens is 309 g/mol. The van der Waals surface area contributed by atoms with Gasteiger partial charge < -0.3 is 5.32 Å². The Bertz CT molecular complexity index is 672. The molecule has 0 saturated heterocycles. The lowest BCUT2D eigenvalue weighted by Gasteiger charge is -2.14. The Morgan fingerprint density at radius 3 is 2.64 bits per heavy atom. The van der Waals surface area contributed by atoms with Gasteiger partial charge >= 0.3 is 0 Å². The molecule has 2 rings (SSSR count). The summed E-state index contributed by atoms with van der Waals surface area (Å²) in [6.45, 7) is 1.85. The van der Waals surface area contributed by atoms with Gasteiger partial charge in [0, 0.05) is 0 Å². The molecule has 2 amide bonds. The van der Waals surface area contributed by atoms with Gasteiger partial charge in [-0.3, -0.25) is 14.8 Å². The second kappa shape index (κ2) is 7.10. The summed E-state index contributed by atoms with van der Waals surface area (Å²) < 4.78 is 12.9. The fraction of sp³-hybridized carbons (Fsp3) is 0.214. The fourth-order valence-corrected chi connectivity index (χ4v) is 2.66. The lowest BCUT2D eigenvalue weighted by atomic mass is 9.96. The van der Waals surface area contributed by atoms with Crippen LogP contribution < -0.4 is 10.8 Å². The Morgan fingerprint density at radius 1 is 1.36 bits per heavy atom. The van der Waals surface area contributed by atoms with E-state index in [-0.39, 0.29) is 21.7 Å². The van der Waals surface area contributed by atoms with Crippen LogP contribution in [0.5, 0.6) is 0 Å². The number of thiazole rings is 1. The molecule has 0 aliphatic carbocycles. The molecule has 8 heteroatoms. The summed E-state index contributed by atoms with van der Waals surface area (Å²) in [6, 6.07) is 5.74. The highest BCUT2D eigenvalue weighted by atomic mass is 32.1. The predicted molar refractivity (Wildman–Crippen MR) is 79.4 cm³/mol. The lowest BCUT2D eigenvalue weighted by molar-refractivity contribution is -0.117. The minimum atomic E-state index is -0.691.